The fourth-order valence-corrected chi connectivity index (χ4v) is 4.65. The van der Waals surface area contributed by atoms with Crippen LogP contribution in [0, 0.1) is 0 Å². The molecule has 2 aliphatic heterocycles. The highest BCUT2D eigenvalue weighted by atomic mass is 16.2. The number of urea groups is 1. The Kier molecular flexibility index (Phi) is 5.88. The molecular formula is C28H27N3O3. The van der Waals surface area contributed by atoms with Crippen LogP contribution in [0.3, 0.4) is 0 Å². The van der Waals surface area contributed by atoms with E-state index < -0.39 is 6.04 Å². The standard InChI is InChI=1S/C28H27N3O3/c1-2-3-6-19-9-13-23(14-10-19)29-26(32)20-11-15-24(16-12-20)31-27(33)25-17-21-7-4-5-8-22(21)18-30(25)28(31)34/h4-5,7-16,25H,2-3,6,17-18H2,1H3,(H,29,32). The number of nitrogens with one attached hydrogen (secondary N) is 1. The molecule has 1 fully saturated rings. The first kappa shape index (κ1) is 21.9. The van der Waals surface area contributed by atoms with E-state index in [0.717, 1.165) is 36.1 Å². The van der Waals surface area contributed by atoms with Gasteiger partial charge in [0.15, 0.2) is 0 Å². The number of carbonyl (C=O) groups excluding carboxylic acids is 3. The van der Waals surface area contributed by atoms with E-state index in [2.05, 4.69) is 12.2 Å². The van der Waals surface area contributed by atoms with Crippen molar-refractivity contribution < 1.29 is 14.4 Å². The van der Waals surface area contributed by atoms with Gasteiger partial charge in [0.25, 0.3) is 11.8 Å². The normalized spacial score (nSPS) is 16.9. The third-order valence-corrected chi connectivity index (χ3v) is 6.61. The molecule has 1 saturated heterocycles. The van der Waals surface area contributed by atoms with Crippen LogP contribution in [-0.2, 0) is 24.2 Å². The average Bonchev–Trinajstić information content (AvgIpc) is 3.11. The molecule has 2 heterocycles. The summed E-state index contributed by atoms with van der Waals surface area (Å²) in [7, 11) is 0. The van der Waals surface area contributed by atoms with E-state index in [-0.39, 0.29) is 17.8 Å². The summed E-state index contributed by atoms with van der Waals surface area (Å²) in [5, 5.41) is 2.90. The zero-order valence-corrected chi connectivity index (χ0v) is 19.2. The van der Waals surface area contributed by atoms with Gasteiger partial charge in [-0.2, -0.15) is 0 Å². The van der Waals surface area contributed by atoms with Gasteiger partial charge in [-0.15, -0.1) is 0 Å². The number of fused-ring (bicyclic) bond motifs is 2. The second-order valence-corrected chi connectivity index (χ2v) is 8.87. The number of benzene rings is 3. The minimum absolute atomic E-state index is 0.222. The first-order chi connectivity index (χ1) is 16.5. The molecule has 0 spiro atoms. The first-order valence-corrected chi connectivity index (χ1v) is 11.8. The molecule has 0 aromatic heterocycles. The Hall–Kier alpha value is -3.93. The fraction of sp³-hybridized carbons (Fsp3) is 0.250. The molecule has 1 N–H and O–H groups in total. The topological polar surface area (TPSA) is 69.7 Å². The minimum Gasteiger partial charge on any atom is -0.322 e. The Labute approximate surface area is 199 Å². The molecule has 6 nitrogen and oxygen atoms in total. The van der Waals surface area contributed by atoms with E-state index in [1.807, 2.05) is 48.5 Å². The fourth-order valence-electron chi connectivity index (χ4n) is 4.65. The van der Waals surface area contributed by atoms with Gasteiger partial charge in [-0.05, 0) is 65.9 Å². The maximum Gasteiger partial charge on any atom is 0.332 e. The zero-order chi connectivity index (χ0) is 23.7. The first-order valence-electron chi connectivity index (χ1n) is 11.8. The molecule has 3 aromatic carbocycles. The van der Waals surface area contributed by atoms with Crippen molar-refractivity contribution in [3.63, 3.8) is 0 Å². The number of carbonyl (C=O) groups is 3. The Balaban J connectivity index is 1.27. The van der Waals surface area contributed by atoms with E-state index in [1.54, 1.807) is 29.2 Å². The van der Waals surface area contributed by atoms with Gasteiger partial charge in [0, 0.05) is 24.2 Å². The summed E-state index contributed by atoms with van der Waals surface area (Å²) in [5.41, 5.74) is 5.11. The largest absolute Gasteiger partial charge is 0.332 e. The van der Waals surface area contributed by atoms with E-state index in [9.17, 15) is 14.4 Å². The second kappa shape index (κ2) is 9.14. The van der Waals surface area contributed by atoms with Crippen molar-refractivity contribution in [2.75, 3.05) is 10.2 Å². The molecule has 2 aliphatic rings. The lowest BCUT2D eigenvalue weighted by molar-refractivity contribution is -0.120. The van der Waals surface area contributed by atoms with E-state index in [4.69, 9.17) is 0 Å². The van der Waals surface area contributed by atoms with Crippen molar-refractivity contribution in [1.29, 1.82) is 0 Å². The van der Waals surface area contributed by atoms with E-state index in [1.165, 1.54) is 10.5 Å². The predicted molar refractivity (Wildman–Crippen MR) is 132 cm³/mol. The molecule has 1 atom stereocenters. The molecule has 0 radical (unpaired) electrons. The van der Waals surface area contributed by atoms with Gasteiger partial charge in [-0.3, -0.25) is 9.59 Å². The van der Waals surface area contributed by atoms with Crippen LogP contribution in [-0.4, -0.2) is 28.8 Å². The van der Waals surface area contributed by atoms with Crippen LogP contribution in [0.2, 0.25) is 0 Å². The van der Waals surface area contributed by atoms with E-state index >= 15 is 0 Å². The average molecular weight is 454 g/mol. The van der Waals surface area contributed by atoms with Crippen LogP contribution < -0.4 is 10.2 Å². The van der Waals surface area contributed by atoms with Gasteiger partial charge >= 0.3 is 6.03 Å². The van der Waals surface area contributed by atoms with Crippen LogP contribution in [0.15, 0.2) is 72.8 Å². The van der Waals surface area contributed by atoms with Gasteiger partial charge in [-0.25, -0.2) is 9.69 Å². The second-order valence-electron chi connectivity index (χ2n) is 8.87. The highest BCUT2D eigenvalue weighted by molar-refractivity contribution is 6.21. The number of amides is 4. The number of aryl methyl sites for hydroxylation is 1. The molecule has 3 aromatic rings. The van der Waals surface area contributed by atoms with E-state index in [0.29, 0.717) is 24.2 Å². The summed E-state index contributed by atoms with van der Waals surface area (Å²) in [5.74, 6) is -0.459. The molecular weight excluding hydrogens is 426 g/mol. The quantitative estimate of drug-likeness (QED) is 0.523. The van der Waals surface area contributed by atoms with Crippen molar-refractivity contribution in [2.24, 2.45) is 0 Å². The predicted octanol–water partition coefficient (Wildman–Crippen LogP) is 5.18. The van der Waals surface area contributed by atoms with Crippen LogP contribution in [0.1, 0.15) is 46.8 Å². The SMILES string of the molecule is CCCCc1ccc(NC(=O)c2ccc(N3C(=O)C4Cc5ccccc5CN4C3=O)cc2)cc1. The molecule has 0 saturated carbocycles. The van der Waals surface area contributed by atoms with Crippen molar-refractivity contribution in [3.05, 3.63) is 95.1 Å². The van der Waals surface area contributed by atoms with Gasteiger partial charge in [0.1, 0.15) is 6.04 Å². The van der Waals surface area contributed by atoms with Crippen molar-refractivity contribution >= 4 is 29.2 Å². The summed E-state index contributed by atoms with van der Waals surface area (Å²) in [6.07, 6.45) is 3.85. The Morgan fingerprint density at radius 1 is 0.941 bits per heavy atom. The Morgan fingerprint density at radius 3 is 2.35 bits per heavy atom. The maximum atomic E-state index is 13.1. The number of rotatable bonds is 6. The smallest absolute Gasteiger partial charge is 0.322 e. The number of anilines is 2. The molecule has 5 rings (SSSR count). The van der Waals surface area contributed by atoms with Gasteiger partial charge < -0.3 is 10.2 Å². The van der Waals surface area contributed by atoms with Gasteiger partial charge in [0.2, 0.25) is 0 Å². The number of hydrogen-bond acceptors (Lipinski definition) is 3. The molecule has 4 amide bonds. The monoisotopic (exact) mass is 453 g/mol. The maximum absolute atomic E-state index is 13.1. The van der Waals surface area contributed by atoms with Crippen molar-refractivity contribution in [2.45, 2.75) is 45.2 Å². The number of imide groups is 1. The summed E-state index contributed by atoms with van der Waals surface area (Å²) >= 11 is 0. The third-order valence-electron chi connectivity index (χ3n) is 6.61. The number of nitrogens with zero attached hydrogens (tertiary/aromatic N) is 2. The summed E-state index contributed by atoms with van der Waals surface area (Å²) < 4.78 is 0. The van der Waals surface area contributed by atoms with Crippen molar-refractivity contribution in [3.8, 4) is 0 Å². The third kappa shape index (κ3) is 4.07. The lowest BCUT2D eigenvalue weighted by Crippen LogP contribution is -2.39. The molecule has 0 aliphatic carbocycles. The highest BCUT2D eigenvalue weighted by Crippen LogP contribution is 2.33. The molecule has 6 heteroatoms. The van der Waals surface area contributed by atoms with Crippen molar-refractivity contribution in [1.82, 2.24) is 4.90 Å². The number of unbranched alkanes of at least 4 members (excludes halogenated alkanes) is 1. The Bertz CT molecular complexity index is 1190. The van der Waals surface area contributed by atoms with Gasteiger partial charge in [-0.1, -0.05) is 49.7 Å². The minimum atomic E-state index is -0.481. The lowest BCUT2D eigenvalue weighted by Gasteiger charge is -2.28. The van der Waals surface area contributed by atoms with Crippen LogP contribution in [0.4, 0.5) is 16.2 Å². The van der Waals surface area contributed by atoms with Crippen LogP contribution in [0.5, 0.6) is 0 Å². The molecule has 0 bridgehead atoms. The molecule has 172 valence electrons. The zero-order valence-electron chi connectivity index (χ0n) is 19.2. The van der Waals surface area contributed by atoms with Gasteiger partial charge in [0.05, 0.1) is 5.69 Å². The summed E-state index contributed by atoms with van der Waals surface area (Å²) in [4.78, 5) is 41.7. The van der Waals surface area contributed by atoms with Crippen LogP contribution in [0.25, 0.3) is 0 Å². The summed E-state index contributed by atoms with van der Waals surface area (Å²) in [6.45, 7) is 2.60. The summed E-state index contributed by atoms with van der Waals surface area (Å²) in [6, 6.07) is 21.6. The molecule has 1 unspecified atom stereocenters. The number of hydrogen-bond donors (Lipinski definition) is 1. The molecule has 34 heavy (non-hydrogen) atoms. The highest BCUT2D eigenvalue weighted by Gasteiger charge is 2.47. The Morgan fingerprint density at radius 2 is 1.65 bits per heavy atom. The lowest BCUT2D eigenvalue weighted by atomic mass is 9.95. The van der Waals surface area contributed by atoms with Crippen LogP contribution >= 0.6 is 0 Å².